The van der Waals surface area contributed by atoms with Crippen molar-refractivity contribution in [1.82, 2.24) is 0 Å². The first kappa shape index (κ1) is 14.4. The van der Waals surface area contributed by atoms with Crippen LogP contribution in [0.2, 0.25) is 0 Å². The number of rotatable bonds is 2. The van der Waals surface area contributed by atoms with Gasteiger partial charge in [-0.15, -0.1) is 0 Å². The minimum absolute atomic E-state index is 0.0343. The van der Waals surface area contributed by atoms with Gasteiger partial charge in [0.15, 0.2) is 0 Å². The molecule has 0 aliphatic carbocycles. The Bertz CT molecular complexity index is 554. The highest BCUT2D eigenvalue weighted by molar-refractivity contribution is 5.98. The van der Waals surface area contributed by atoms with E-state index in [1.165, 1.54) is 18.2 Å². The third kappa shape index (κ3) is 2.92. The highest BCUT2D eigenvalue weighted by atomic mass is 19.4. The lowest BCUT2D eigenvalue weighted by Crippen LogP contribution is -2.38. The van der Waals surface area contributed by atoms with Gasteiger partial charge in [0.2, 0.25) is 5.91 Å². The average Bonchev–Trinajstić information content (AvgIpc) is 2.35. The minimum atomic E-state index is -4.57. The summed E-state index contributed by atoms with van der Waals surface area (Å²) in [6.45, 7) is 0.172. The molecule has 1 amide bonds. The Labute approximate surface area is 112 Å². The normalized spacial score (nSPS) is 14.8. The van der Waals surface area contributed by atoms with E-state index in [1.54, 1.807) is 0 Å². The maximum atomic E-state index is 12.3. The summed E-state index contributed by atoms with van der Waals surface area (Å²) in [7, 11) is 0. The standard InChI is InChI=1S/C13H12F3NO3/c14-13(15,16)7-11(18)17-6-2-4-8-9(12(19)20)3-1-5-10(8)17/h1,3,5H,2,4,6-7H2,(H,19,20). The van der Waals surface area contributed by atoms with E-state index in [4.69, 9.17) is 5.11 Å². The Morgan fingerprint density at radius 2 is 2.00 bits per heavy atom. The molecule has 0 saturated carbocycles. The first-order chi connectivity index (χ1) is 9.29. The molecule has 0 radical (unpaired) electrons. The molecule has 0 bridgehead atoms. The number of carbonyl (C=O) groups is 2. The van der Waals surface area contributed by atoms with Gasteiger partial charge in [0.1, 0.15) is 6.42 Å². The van der Waals surface area contributed by atoms with Crippen molar-refractivity contribution in [1.29, 1.82) is 0 Å². The average molecular weight is 287 g/mol. The fraction of sp³-hybridized carbons (Fsp3) is 0.385. The van der Waals surface area contributed by atoms with E-state index in [9.17, 15) is 22.8 Å². The zero-order valence-electron chi connectivity index (χ0n) is 10.4. The van der Waals surface area contributed by atoms with Crippen LogP contribution in [0.5, 0.6) is 0 Å². The molecular formula is C13H12F3NO3. The van der Waals surface area contributed by atoms with Crippen LogP contribution in [0, 0.1) is 0 Å². The number of hydrogen-bond acceptors (Lipinski definition) is 2. The molecule has 0 saturated heterocycles. The molecule has 1 aromatic rings. The number of anilines is 1. The Morgan fingerprint density at radius 3 is 2.60 bits per heavy atom. The zero-order valence-corrected chi connectivity index (χ0v) is 10.4. The molecule has 0 fully saturated rings. The van der Waals surface area contributed by atoms with Crippen molar-refractivity contribution < 1.29 is 27.9 Å². The Morgan fingerprint density at radius 1 is 1.30 bits per heavy atom. The van der Waals surface area contributed by atoms with Crippen molar-refractivity contribution in [3.63, 3.8) is 0 Å². The number of nitrogens with zero attached hydrogens (tertiary/aromatic N) is 1. The van der Waals surface area contributed by atoms with E-state index in [1.807, 2.05) is 0 Å². The van der Waals surface area contributed by atoms with Crippen molar-refractivity contribution in [2.75, 3.05) is 11.4 Å². The molecule has 1 N–H and O–H groups in total. The van der Waals surface area contributed by atoms with Crippen LogP contribution in [0.3, 0.4) is 0 Å². The summed E-state index contributed by atoms with van der Waals surface area (Å²) < 4.78 is 36.9. The molecule has 1 aliphatic rings. The molecule has 0 unspecified atom stereocenters. The van der Waals surface area contributed by atoms with Crippen LogP contribution in [0.4, 0.5) is 18.9 Å². The van der Waals surface area contributed by atoms with Crippen molar-refractivity contribution in [3.05, 3.63) is 29.3 Å². The molecule has 108 valence electrons. The maximum absolute atomic E-state index is 12.3. The van der Waals surface area contributed by atoms with Gasteiger partial charge >= 0.3 is 12.1 Å². The van der Waals surface area contributed by atoms with Gasteiger partial charge in [0, 0.05) is 12.2 Å². The number of amides is 1. The molecule has 4 nitrogen and oxygen atoms in total. The molecule has 0 atom stereocenters. The lowest BCUT2D eigenvalue weighted by atomic mass is 9.96. The molecule has 2 rings (SSSR count). The van der Waals surface area contributed by atoms with Crippen LogP contribution < -0.4 is 4.90 Å². The Hall–Kier alpha value is -2.05. The summed E-state index contributed by atoms with van der Waals surface area (Å²) in [5.74, 6) is -2.20. The quantitative estimate of drug-likeness (QED) is 0.909. The lowest BCUT2D eigenvalue weighted by Gasteiger charge is -2.30. The number of hydrogen-bond donors (Lipinski definition) is 1. The van der Waals surface area contributed by atoms with Gasteiger partial charge in [-0.3, -0.25) is 4.79 Å². The van der Waals surface area contributed by atoms with Gasteiger partial charge in [0.05, 0.1) is 5.56 Å². The van der Waals surface area contributed by atoms with Crippen molar-refractivity contribution >= 4 is 17.6 Å². The van der Waals surface area contributed by atoms with Gasteiger partial charge in [-0.05, 0) is 30.5 Å². The summed E-state index contributed by atoms with van der Waals surface area (Å²) in [6.07, 6.45) is -5.22. The van der Waals surface area contributed by atoms with E-state index in [0.717, 1.165) is 4.90 Å². The Balaban J connectivity index is 2.36. The molecule has 0 aromatic heterocycles. The zero-order chi connectivity index (χ0) is 14.9. The molecule has 20 heavy (non-hydrogen) atoms. The fourth-order valence-corrected chi connectivity index (χ4v) is 2.35. The number of alkyl halides is 3. The van der Waals surface area contributed by atoms with Crippen LogP contribution in [-0.2, 0) is 11.2 Å². The smallest absolute Gasteiger partial charge is 0.397 e. The first-order valence-electron chi connectivity index (χ1n) is 6.02. The summed E-state index contributed by atoms with van der Waals surface area (Å²) in [4.78, 5) is 23.8. The number of carboxylic acids is 1. The number of halogens is 3. The van der Waals surface area contributed by atoms with Gasteiger partial charge in [-0.25, -0.2) is 4.79 Å². The predicted octanol–water partition coefficient (Wildman–Crippen LogP) is 2.62. The SMILES string of the molecule is O=C(O)c1cccc2c1CCCN2C(=O)CC(F)(F)F. The second-order valence-corrected chi connectivity index (χ2v) is 4.55. The van der Waals surface area contributed by atoms with Crippen LogP contribution >= 0.6 is 0 Å². The summed E-state index contributed by atoms with van der Waals surface area (Å²) in [5, 5.41) is 9.07. The third-order valence-corrected chi connectivity index (χ3v) is 3.13. The van der Waals surface area contributed by atoms with Crippen LogP contribution in [0.15, 0.2) is 18.2 Å². The Kier molecular flexibility index (Phi) is 3.69. The molecule has 7 heteroatoms. The predicted molar refractivity (Wildman–Crippen MR) is 64.7 cm³/mol. The highest BCUT2D eigenvalue weighted by Crippen LogP contribution is 2.32. The number of benzene rings is 1. The molecule has 1 aromatic carbocycles. The van der Waals surface area contributed by atoms with Crippen molar-refractivity contribution in [2.45, 2.75) is 25.4 Å². The van der Waals surface area contributed by atoms with Crippen LogP contribution in [0.1, 0.15) is 28.8 Å². The second kappa shape index (κ2) is 5.15. The lowest BCUT2D eigenvalue weighted by molar-refractivity contribution is -0.151. The third-order valence-electron chi connectivity index (χ3n) is 3.13. The number of carbonyl (C=O) groups excluding carboxylic acids is 1. The summed E-state index contributed by atoms with van der Waals surface area (Å²) in [5.41, 5.74) is 0.721. The van der Waals surface area contributed by atoms with E-state index in [0.29, 0.717) is 18.4 Å². The van der Waals surface area contributed by atoms with E-state index in [2.05, 4.69) is 0 Å². The van der Waals surface area contributed by atoms with E-state index < -0.39 is 24.5 Å². The fourth-order valence-electron chi connectivity index (χ4n) is 2.35. The van der Waals surface area contributed by atoms with Crippen molar-refractivity contribution in [2.24, 2.45) is 0 Å². The summed E-state index contributed by atoms with van der Waals surface area (Å²) in [6, 6.07) is 4.30. The number of fused-ring (bicyclic) bond motifs is 1. The molecular weight excluding hydrogens is 275 g/mol. The monoisotopic (exact) mass is 287 g/mol. The first-order valence-corrected chi connectivity index (χ1v) is 6.02. The van der Waals surface area contributed by atoms with Crippen LogP contribution in [0.25, 0.3) is 0 Å². The minimum Gasteiger partial charge on any atom is -0.478 e. The highest BCUT2D eigenvalue weighted by Gasteiger charge is 2.35. The summed E-state index contributed by atoms with van der Waals surface area (Å²) >= 11 is 0. The topological polar surface area (TPSA) is 57.6 Å². The van der Waals surface area contributed by atoms with E-state index >= 15 is 0 Å². The molecule has 1 heterocycles. The van der Waals surface area contributed by atoms with Crippen LogP contribution in [-0.4, -0.2) is 29.7 Å². The largest absolute Gasteiger partial charge is 0.478 e. The second-order valence-electron chi connectivity index (χ2n) is 4.55. The van der Waals surface area contributed by atoms with Crippen molar-refractivity contribution in [3.8, 4) is 0 Å². The number of carboxylic acid groups (broad SMARTS) is 1. The molecule has 1 aliphatic heterocycles. The molecule has 0 spiro atoms. The van der Waals surface area contributed by atoms with Gasteiger partial charge in [-0.2, -0.15) is 13.2 Å². The van der Waals surface area contributed by atoms with Gasteiger partial charge in [0.25, 0.3) is 0 Å². The van der Waals surface area contributed by atoms with Gasteiger partial charge in [-0.1, -0.05) is 6.07 Å². The van der Waals surface area contributed by atoms with E-state index in [-0.39, 0.29) is 17.8 Å². The number of aromatic carboxylic acids is 1. The van der Waals surface area contributed by atoms with Gasteiger partial charge < -0.3 is 10.0 Å². The maximum Gasteiger partial charge on any atom is 0.397 e.